The zero-order valence-corrected chi connectivity index (χ0v) is 17.7. The van der Waals surface area contributed by atoms with E-state index >= 15 is 0 Å². The Labute approximate surface area is 168 Å². The van der Waals surface area contributed by atoms with Crippen LogP contribution in [0.1, 0.15) is 18.2 Å². The lowest BCUT2D eigenvalue weighted by Gasteiger charge is -2.12. The molecule has 0 aliphatic heterocycles. The van der Waals surface area contributed by atoms with Crippen LogP contribution in [0, 0.1) is 0 Å². The summed E-state index contributed by atoms with van der Waals surface area (Å²) >= 11 is 3.48. The summed E-state index contributed by atoms with van der Waals surface area (Å²) in [6.45, 7) is 3.99. The number of ether oxygens (including phenoxy) is 1. The summed E-state index contributed by atoms with van der Waals surface area (Å²) in [5.41, 5.74) is 2.00. The average Bonchev–Trinajstić information content (AvgIpc) is 2.58. The number of halogens is 2. The van der Waals surface area contributed by atoms with Crippen LogP contribution in [0.15, 0.2) is 52.1 Å². The van der Waals surface area contributed by atoms with Gasteiger partial charge in [0.05, 0.1) is 25.9 Å². The Morgan fingerprint density at radius 2 is 2.08 bits per heavy atom. The van der Waals surface area contributed by atoms with E-state index in [-0.39, 0.29) is 24.0 Å². The zero-order chi connectivity index (χ0) is 16.5. The van der Waals surface area contributed by atoms with Gasteiger partial charge >= 0.3 is 0 Å². The average molecular weight is 505 g/mol. The van der Waals surface area contributed by atoms with Crippen LogP contribution in [-0.4, -0.2) is 24.6 Å². The van der Waals surface area contributed by atoms with Gasteiger partial charge in [0.25, 0.3) is 0 Å². The highest BCUT2D eigenvalue weighted by Gasteiger charge is 2.04. The lowest BCUT2D eigenvalue weighted by Crippen LogP contribution is -2.37. The van der Waals surface area contributed by atoms with Crippen molar-refractivity contribution in [1.82, 2.24) is 15.6 Å². The smallest absolute Gasteiger partial charge is 0.191 e. The molecule has 1 aromatic heterocycles. The quantitative estimate of drug-likeness (QED) is 0.357. The maximum atomic E-state index is 5.38. The highest BCUT2D eigenvalue weighted by atomic mass is 127. The van der Waals surface area contributed by atoms with Crippen molar-refractivity contribution < 1.29 is 4.74 Å². The van der Waals surface area contributed by atoms with Crippen molar-refractivity contribution in [3.8, 4) is 5.75 Å². The predicted octanol–water partition coefficient (Wildman–Crippen LogP) is 3.73. The monoisotopic (exact) mass is 504 g/mol. The number of rotatable bonds is 6. The molecule has 24 heavy (non-hydrogen) atoms. The van der Waals surface area contributed by atoms with Crippen molar-refractivity contribution >= 4 is 45.9 Å². The maximum Gasteiger partial charge on any atom is 0.191 e. The number of benzene rings is 1. The van der Waals surface area contributed by atoms with Crippen molar-refractivity contribution in [1.29, 1.82) is 0 Å². The number of nitrogens with zero attached hydrogens (tertiary/aromatic N) is 2. The second kappa shape index (κ2) is 11.2. The van der Waals surface area contributed by atoms with Gasteiger partial charge in [-0.05, 0) is 37.3 Å². The lowest BCUT2D eigenvalue weighted by molar-refractivity contribution is 0.409. The second-order valence-electron chi connectivity index (χ2n) is 4.83. The van der Waals surface area contributed by atoms with E-state index in [9.17, 15) is 0 Å². The molecule has 0 aliphatic rings. The third kappa shape index (κ3) is 6.64. The number of nitrogens with one attached hydrogen (secondary N) is 2. The molecule has 130 valence electrons. The van der Waals surface area contributed by atoms with Gasteiger partial charge in [0.15, 0.2) is 5.96 Å². The summed E-state index contributed by atoms with van der Waals surface area (Å²) in [7, 11) is 1.67. The van der Waals surface area contributed by atoms with Gasteiger partial charge in [0, 0.05) is 22.8 Å². The Hall–Kier alpha value is -1.35. The van der Waals surface area contributed by atoms with Gasteiger partial charge in [-0.2, -0.15) is 0 Å². The topological polar surface area (TPSA) is 58.5 Å². The fourth-order valence-electron chi connectivity index (χ4n) is 2.05. The Bertz CT molecular complexity index is 652. The highest BCUT2D eigenvalue weighted by Crippen LogP contribution is 2.23. The van der Waals surface area contributed by atoms with Crippen LogP contribution in [-0.2, 0) is 13.1 Å². The first-order valence-corrected chi connectivity index (χ1v) is 8.26. The summed E-state index contributed by atoms with van der Waals surface area (Å²) in [5, 5.41) is 6.52. The predicted molar refractivity (Wildman–Crippen MR) is 112 cm³/mol. The van der Waals surface area contributed by atoms with E-state index in [1.54, 1.807) is 13.3 Å². The first kappa shape index (κ1) is 20.7. The number of guanidine groups is 1. The number of hydrogen-bond acceptors (Lipinski definition) is 3. The Kier molecular flexibility index (Phi) is 9.70. The first-order valence-electron chi connectivity index (χ1n) is 7.47. The van der Waals surface area contributed by atoms with Crippen LogP contribution >= 0.6 is 39.9 Å². The van der Waals surface area contributed by atoms with Gasteiger partial charge < -0.3 is 15.4 Å². The minimum absolute atomic E-state index is 0. The van der Waals surface area contributed by atoms with Gasteiger partial charge in [-0.3, -0.25) is 4.98 Å². The minimum Gasteiger partial charge on any atom is -0.496 e. The Morgan fingerprint density at radius 3 is 2.75 bits per heavy atom. The van der Waals surface area contributed by atoms with Crippen LogP contribution in [0.3, 0.4) is 0 Å². The molecule has 0 bridgehead atoms. The van der Waals surface area contributed by atoms with E-state index < -0.39 is 0 Å². The third-order valence-corrected chi connectivity index (χ3v) is 3.65. The Balaban J connectivity index is 0.00000288. The summed E-state index contributed by atoms with van der Waals surface area (Å²) in [4.78, 5) is 8.91. The molecule has 1 heterocycles. The summed E-state index contributed by atoms with van der Waals surface area (Å²) in [6, 6.07) is 11.8. The number of aliphatic imine (C=N–C) groups is 1. The summed E-state index contributed by atoms with van der Waals surface area (Å²) in [6.07, 6.45) is 1.79. The van der Waals surface area contributed by atoms with E-state index in [0.717, 1.165) is 34.0 Å². The fraction of sp³-hybridized carbons (Fsp3) is 0.294. The van der Waals surface area contributed by atoms with Gasteiger partial charge in [0.1, 0.15) is 5.75 Å². The van der Waals surface area contributed by atoms with Crippen molar-refractivity contribution in [2.45, 2.75) is 20.0 Å². The molecular weight excluding hydrogens is 483 g/mol. The highest BCUT2D eigenvalue weighted by molar-refractivity contribution is 14.0. The van der Waals surface area contributed by atoms with Gasteiger partial charge in [-0.25, -0.2) is 4.99 Å². The fourth-order valence-corrected chi connectivity index (χ4v) is 2.46. The van der Waals surface area contributed by atoms with Crippen LogP contribution in [0.4, 0.5) is 0 Å². The molecule has 7 heteroatoms. The van der Waals surface area contributed by atoms with Crippen molar-refractivity contribution in [2.75, 3.05) is 13.7 Å². The van der Waals surface area contributed by atoms with E-state index in [0.29, 0.717) is 13.1 Å². The van der Waals surface area contributed by atoms with E-state index in [2.05, 4.69) is 36.5 Å². The molecule has 0 atom stereocenters. The van der Waals surface area contributed by atoms with Gasteiger partial charge in [-0.15, -0.1) is 24.0 Å². The summed E-state index contributed by atoms with van der Waals surface area (Å²) < 4.78 is 6.39. The number of hydrogen-bond donors (Lipinski definition) is 2. The normalized spacial score (nSPS) is 10.7. The number of aromatic nitrogens is 1. The molecule has 0 saturated carbocycles. The van der Waals surface area contributed by atoms with Gasteiger partial charge in [0.2, 0.25) is 0 Å². The molecule has 0 saturated heterocycles. The van der Waals surface area contributed by atoms with Crippen molar-refractivity contribution in [3.05, 3.63) is 58.3 Å². The molecule has 2 aromatic rings. The molecule has 0 aliphatic carbocycles. The third-order valence-electron chi connectivity index (χ3n) is 3.16. The van der Waals surface area contributed by atoms with Crippen molar-refractivity contribution in [3.63, 3.8) is 0 Å². The number of methoxy groups -OCH3 is 1. The molecule has 0 amide bonds. The molecule has 0 unspecified atom stereocenters. The first-order chi connectivity index (χ1) is 11.2. The standard InChI is InChI=1S/C17H21BrN4O.HI/c1-3-19-17(22-12-15-6-4-5-9-20-15)21-11-13-10-14(18)7-8-16(13)23-2;/h4-10H,3,11-12H2,1-2H3,(H2,19,21,22);1H. The van der Waals surface area contributed by atoms with Crippen LogP contribution in [0.5, 0.6) is 5.75 Å². The largest absolute Gasteiger partial charge is 0.496 e. The van der Waals surface area contributed by atoms with Gasteiger partial charge in [-0.1, -0.05) is 22.0 Å². The van der Waals surface area contributed by atoms with E-state index in [4.69, 9.17) is 4.74 Å². The number of pyridine rings is 1. The molecular formula is C17H22BrIN4O. The molecule has 2 N–H and O–H groups in total. The van der Waals surface area contributed by atoms with Crippen LogP contribution < -0.4 is 15.4 Å². The lowest BCUT2D eigenvalue weighted by atomic mass is 10.2. The van der Waals surface area contributed by atoms with E-state index in [1.807, 2.05) is 43.3 Å². The Morgan fingerprint density at radius 1 is 1.25 bits per heavy atom. The molecule has 0 fully saturated rings. The van der Waals surface area contributed by atoms with Crippen LogP contribution in [0.2, 0.25) is 0 Å². The van der Waals surface area contributed by atoms with Crippen LogP contribution in [0.25, 0.3) is 0 Å². The van der Waals surface area contributed by atoms with Crippen molar-refractivity contribution in [2.24, 2.45) is 4.99 Å². The van der Waals surface area contributed by atoms with E-state index in [1.165, 1.54) is 0 Å². The maximum absolute atomic E-state index is 5.38. The molecule has 0 radical (unpaired) electrons. The summed E-state index contributed by atoms with van der Waals surface area (Å²) in [5.74, 6) is 1.58. The minimum atomic E-state index is 0. The molecule has 0 spiro atoms. The SMILES string of the molecule is CCNC(=NCc1cc(Br)ccc1OC)NCc1ccccn1.I. The second-order valence-corrected chi connectivity index (χ2v) is 5.74. The molecule has 5 nitrogen and oxygen atoms in total. The molecule has 2 rings (SSSR count). The molecule has 1 aromatic carbocycles. The zero-order valence-electron chi connectivity index (χ0n) is 13.8.